The van der Waals surface area contributed by atoms with E-state index in [1.165, 1.54) is 61.4 Å². The van der Waals surface area contributed by atoms with E-state index in [-0.39, 0.29) is 0 Å². The van der Waals surface area contributed by atoms with Gasteiger partial charge in [-0.2, -0.15) is 0 Å². The van der Waals surface area contributed by atoms with Crippen molar-refractivity contribution in [2.45, 2.75) is 71.3 Å². The van der Waals surface area contributed by atoms with Crippen LogP contribution in [0.5, 0.6) is 0 Å². The van der Waals surface area contributed by atoms with Gasteiger partial charge in [0.2, 0.25) is 0 Å². The summed E-state index contributed by atoms with van der Waals surface area (Å²) in [6.45, 7) is 8.56. The van der Waals surface area contributed by atoms with Crippen molar-refractivity contribution in [1.29, 1.82) is 0 Å². The summed E-state index contributed by atoms with van der Waals surface area (Å²) in [5, 5.41) is 0. The van der Waals surface area contributed by atoms with Crippen molar-refractivity contribution in [3.05, 3.63) is 23.8 Å². The molecule has 0 saturated heterocycles. The third kappa shape index (κ3) is 9.98. The molecule has 0 aliphatic carbocycles. The van der Waals surface area contributed by atoms with E-state index < -0.39 is 0 Å². The molecule has 1 nitrogen and oxygen atoms in total. The lowest BCUT2D eigenvalue weighted by Crippen LogP contribution is -2.28. The Morgan fingerprint density at radius 3 is 2.35 bits per heavy atom. The number of likely N-dealkylation sites (N-methyl/N-ethyl adjacent to an activating group) is 1. The van der Waals surface area contributed by atoms with Gasteiger partial charge in [0.05, 0.1) is 0 Å². The maximum Gasteiger partial charge on any atom is 0.0296 e. The van der Waals surface area contributed by atoms with Gasteiger partial charge in [-0.25, -0.2) is 0 Å². The Kier molecular flexibility index (Phi) is 13.0. The molecule has 0 saturated carbocycles. The Morgan fingerprint density at radius 1 is 1.20 bits per heavy atom. The summed E-state index contributed by atoms with van der Waals surface area (Å²) < 4.78 is 1.24. The zero-order valence-electron chi connectivity index (χ0n) is 14.1. The van der Waals surface area contributed by atoms with Gasteiger partial charge < -0.3 is 4.90 Å². The normalized spacial score (nSPS) is 13.8. The molecule has 0 spiro atoms. The first-order valence-corrected chi connectivity index (χ1v) is 9.61. The molecule has 0 N–H and O–H groups in total. The van der Waals surface area contributed by atoms with Gasteiger partial charge in [-0.05, 0) is 59.5 Å². The predicted octanol–water partition coefficient (Wildman–Crippen LogP) is 5.99. The number of allylic oxidation sites excluding steroid dienone is 2. The van der Waals surface area contributed by atoms with Crippen LogP contribution in [0.3, 0.4) is 0 Å². The van der Waals surface area contributed by atoms with Gasteiger partial charge in [0.25, 0.3) is 0 Å². The van der Waals surface area contributed by atoms with Crippen LogP contribution in [0.1, 0.15) is 65.2 Å². The molecule has 0 aromatic heterocycles. The van der Waals surface area contributed by atoms with Crippen molar-refractivity contribution >= 4 is 22.6 Å². The molecule has 0 rings (SSSR count). The fourth-order valence-electron chi connectivity index (χ4n) is 2.66. The number of halogens is 1. The highest BCUT2D eigenvalue weighted by Crippen LogP contribution is 2.20. The van der Waals surface area contributed by atoms with E-state index in [0.29, 0.717) is 6.04 Å². The molecule has 0 radical (unpaired) electrons. The average Bonchev–Trinajstić information content (AvgIpc) is 2.39. The standard InChI is InChI=1S/C18H34IN/c1-6-7-8-11-17(13-10-15-19)12-9-14-18(16(2)3)20(4)5/h13,18H,2,6-12,14-15H2,1,3-5H3/b17-13-. The van der Waals surface area contributed by atoms with Crippen molar-refractivity contribution in [2.24, 2.45) is 0 Å². The lowest BCUT2D eigenvalue weighted by Gasteiger charge is -2.24. The quantitative estimate of drug-likeness (QED) is 0.171. The van der Waals surface area contributed by atoms with Crippen LogP contribution < -0.4 is 0 Å². The van der Waals surface area contributed by atoms with Crippen molar-refractivity contribution in [1.82, 2.24) is 4.90 Å². The van der Waals surface area contributed by atoms with Gasteiger partial charge in [-0.3, -0.25) is 0 Å². The van der Waals surface area contributed by atoms with Crippen LogP contribution in [0.15, 0.2) is 23.8 Å². The van der Waals surface area contributed by atoms with E-state index >= 15 is 0 Å². The van der Waals surface area contributed by atoms with E-state index in [1.807, 2.05) is 0 Å². The molecule has 0 amide bonds. The number of rotatable bonds is 12. The first-order chi connectivity index (χ1) is 9.52. The summed E-state index contributed by atoms with van der Waals surface area (Å²) in [4.78, 5) is 2.30. The van der Waals surface area contributed by atoms with Crippen LogP contribution >= 0.6 is 22.6 Å². The molecule has 20 heavy (non-hydrogen) atoms. The highest BCUT2D eigenvalue weighted by molar-refractivity contribution is 14.1. The van der Waals surface area contributed by atoms with Crippen LogP contribution in [0, 0.1) is 0 Å². The molecule has 0 aliphatic heterocycles. The molecular formula is C18H34IN. The summed E-state index contributed by atoms with van der Waals surface area (Å²) in [7, 11) is 4.32. The van der Waals surface area contributed by atoms with E-state index in [4.69, 9.17) is 0 Å². The summed E-state index contributed by atoms with van der Waals surface area (Å²) >= 11 is 2.47. The van der Waals surface area contributed by atoms with E-state index in [1.54, 1.807) is 5.57 Å². The Bertz CT molecular complexity index is 281. The van der Waals surface area contributed by atoms with Crippen LogP contribution in [-0.4, -0.2) is 29.5 Å². The lowest BCUT2D eigenvalue weighted by atomic mass is 9.97. The minimum Gasteiger partial charge on any atom is -0.303 e. The summed E-state index contributed by atoms with van der Waals surface area (Å²) in [6.07, 6.45) is 12.9. The number of nitrogens with zero attached hydrogens (tertiary/aromatic N) is 1. The minimum absolute atomic E-state index is 0.538. The molecule has 118 valence electrons. The monoisotopic (exact) mass is 391 g/mol. The highest BCUT2D eigenvalue weighted by Gasteiger charge is 2.11. The average molecular weight is 391 g/mol. The Balaban J connectivity index is 4.20. The maximum atomic E-state index is 4.13. The molecule has 0 fully saturated rings. The highest BCUT2D eigenvalue weighted by atomic mass is 127. The molecule has 2 heteroatoms. The van der Waals surface area contributed by atoms with Crippen LogP contribution in [0.4, 0.5) is 0 Å². The zero-order chi connectivity index (χ0) is 15.4. The van der Waals surface area contributed by atoms with Gasteiger partial charge >= 0.3 is 0 Å². The first kappa shape index (κ1) is 20.2. The van der Waals surface area contributed by atoms with Crippen molar-refractivity contribution in [3.63, 3.8) is 0 Å². The van der Waals surface area contributed by atoms with E-state index in [9.17, 15) is 0 Å². The van der Waals surface area contributed by atoms with Crippen molar-refractivity contribution in [3.8, 4) is 0 Å². The second-order valence-electron chi connectivity index (χ2n) is 6.02. The van der Waals surface area contributed by atoms with Gasteiger partial charge in [-0.15, -0.1) is 0 Å². The molecule has 1 atom stereocenters. The largest absolute Gasteiger partial charge is 0.303 e. The SMILES string of the molecule is C=C(C)C(CCC/C(=C\CCI)CCCCC)N(C)C. The molecule has 0 aromatic carbocycles. The van der Waals surface area contributed by atoms with Gasteiger partial charge in [0.1, 0.15) is 0 Å². The number of hydrogen-bond acceptors (Lipinski definition) is 1. The Hall–Kier alpha value is 0.170. The maximum absolute atomic E-state index is 4.13. The van der Waals surface area contributed by atoms with E-state index in [0.717, 1.165) is 0 Å². The minimum atomic E-state index is 0.538. The molecule has 0 bridgehead atoms. The second-order valence-corrected chi connectivity index (χ2v) is 7.09. The Labute approximate surface area is 141 Å². The first-order valence-electron chi connectivity index (χ1n) is 8.08. The molecule has 1 unspecified atom stereocenters. The van der Waals surface area contributed by atoms with Gasteiger partial charge in [-0.1, -0.05) is 66.2 Å². The third-order valence-electron chi connectivity index (χ3n) is 3.81. The number of unbranched alkanes of at least 4 members (excludes halogenated alkanes) is 2. The number of hydrogen-bond donors (Lipinski definition) is 0. The van der Waals surface area contributed by atoms with Crippen molar-refractivity contribution < 1.29 is 0 Å². The number of alkyl halides is 1. The third-order valence-corrected chi connectivity index (χ3v) is 4.43. The van der Waals surface area contributed by atoms with Gasteiger partial charge in [0.15, 0.2) is 0 Å². The molecule has 0 aliphatic rings. The van der Waals surface area contributed by atoms with Crippen LogP contribution in [0.2, 0.25) is 0 Å². The van der Waals surface area contributed by atoms with Crippen LogP contribution in [0.25, 0.3) is 0 Å². The van der Waals surface area contributed by atoms with Crippen LogP contribution in [-0.2, 0) is 0 Å². The summed E-state index contributed by atoms with van der Waals surface area (Å²) in [5.74, 6) is 0. The lowest BCUT2D eigenvalue weighted by molar-refractivity contribution is 0.310. The fourth-order valence-corrected chi connectivity index (χ4v) is 2.97. The second kappa shape index (κ2) is 12.9. The summed E-state index contributed by atoms with van der Waals surface area (Å²) in [5.41, 5.74) is 2.98. The van der Waals surface area contributed by atoms with E-state index in [2.05, 4.69) is 68.1 Å². The fraction of sp³-hybridized carbons (Fsp3) is 0.778. The Morgan fingerprint density at radius 2 is 1.85 bits per heavy atom. The molecule has 0 aromatic rings. The topological polar surface area (TPSA) is 3.24 Å². The van der Waals surface area contributed by atoms with Gasteiger partial charge in [0, 0.05) is 10.5 Å². The summed E-state index contributed by atoms with van der Waals surface area (Å²) in [6, 6.07) is 0.538. The smallest absolute Gasteiger partial charge is 0.0296 e. The molecule has 0 heterocycles. The van der Waals surface area contributed by atoms with Crippen molar-refractivity contribution in [2.75, 3.05) is 18.5 Å². The zero-order valence-corrected chi connectivity index (χ0v) is 16.2. The predicted molar refractivity (Wildman–Crippen MR) is 102 cm³/mol. The molecular weight excluding hydrogens is 357 g/mol.